The largest absolute Gasteiger partial charge is 0.294 e. The molecule has 0 aromatic heterocycles. The zero-order valence-corrected chi connectivity index (χ0v) is 10.9. The van der Waals surface area contributed by atoms with Crippen molar-refractivity contribution in [2.45, 2.75) is 6.42 Å². The van der Waals surface area contributed by atoms with E-state index in [9.17, 15) is 19.3 Å². The Balaban J connectivity index is 2.26. The van der Waals surface area contributed by atoms with Crippen molar-refractivity contribution in [1.82, 2.24) is 0 Å². The van der Waals surface area contributed by atoms with Gasteiger partial charge in [-0.2, -0.15) is 0 Å². The maximum absolute atomic E-state index is 13.7. The number of hydrogen-bond donors (Lipinski definition) is 0. The second-order valence-corrected chi connectivity index (χ2v) is 4.52. The molecule has 2 aromatic rings. The van der Waals surface area contributed by atoms with Gasteiger partial charge in [-0.05, 0) is 17.7 Å². The van der Waals surface area contributed by atoms with E-state index in [2.05, 4.69) is 0 Å². The van der Waals surface area contributed by atoms with Crippen molar-refractivity contribution in [2.75, 3.05) is 0 Å². The van der Waals surface area contributed by atoms with E-state index in [1.807, 2.05) is 0 Å². The van der Waals surface area contributed by atoms with Crippen LogP contribution in [0.2, 0.25) is 5.02 Å². The van der Waals surface area contributed by atoms with Crippen molar-refractivity contribution >= 4 is 23.1 Å². The molecule has 2 rings (SSSR count). The quantitative estimate of drug-likeness (QED) is 0.489. The van der Waals surface area contributed by atoms with E-state index >= 15 is 0 Å². The number of ketones is 1. The summed E-state index contributed by atoms with van der Waals surface area (Å²) in [5.74, 6) is -1.39. The SMILES string of the molecule is O=C(Cc1ccccc1Cl)c1ccc([N+](=O)[O-])cc1F. The van der Waals surface area contributed by atoms with Crippen molar-refractivity contribution < 1.29 is 14.1 Å². The van der Waals surface area contributed by atoms with Gasteiger partial charge in [0.25, 0.3) is 5.69 Å². The van der Waals surface area contributed by atoms with Crippen molar-refractivity contribution in [3.05, 3.63) is 74.5 Å². The smallest absolute Gasteiger partial charge is 0.272 e. The number of non-ortho nitro benzene ring substituents is 1. The topological polar surface area (TPSA) is 60.2 Å². The molecule has 0 fully saturated rings. The Labute approximate surface area is 119 Å². The average Bonchev–Trinajstić information content (AvgIpc) is 2.41. The highest BCUT2D eigenvalue weighted by molar-refractivity contribution is 6.31. The summed E-state index contributed by atoms with van der Waals surface area (Å²) in [6.45, 7) is 0. The second-order valence-electron chi connectivity index (χ2n) is 4.11. The zero-order valence-electron chi connectivity index (χ0n) is 10.2. The molecule has 0 N–H and O–H groups in total. The van der Waals surface area contributed by atoms with Crippen LogP contribution >= 0.6 is 11.6 Å². The highest BCUT2D eigenvalue weighted by atomic mass is 35.5. The van der Waals surface area contributed by atoms with Gasteiger partial charge in [-0.15, -0.1) is 0 Å². The van der Waals surface area contributed by atoms with Gasteiger partial charge in [-0.3, -0.25) is 14.9 Å². The number of rotatable bonds is 4. The molecular formula is C14H9ClFNO3. The van der Waals surface area contributed by atoms with E-state index < -0.39 is 22.2 Å². The summed E-state index contributed by atoms with van der Waals surface area (Å²) in [5.41, 5.74) is 0.00392. The predicted octanol–water partition coefficient (Wildman–Crippen LogP) is 3.81. The van der Waals surface area contributed by atoms with Crippen LogP contribution in [0.25, 0.3) is 0 Å². The first kappa shape index (κ1) is 14.1. The molecule has 0 aliphatic heterocycles. The third-order valence-electron chi connectivity index (χ3n) is 2.77. The van der Waals surface area contributed by atoms with Crippen molar-refractivity contribution in [3.8, 4) is 0 Å². The van der Waals surface area contributed by atoms with E-state index in [-0.39, 0.29) is 12.0 Å². The molecule has 0 aliphatic carbocycles. The lowest BCUT2D eigenvalue weighted by Gasteiger charge is -2.04. The molecule has 0 saturated heterocycles. The summed E-state index contributed by atoms with van der Waals surface area (Å²) in [4.78, 5) is 21.8. The van der Waals surface area contributed by atoms with Crippen LogP contribution in [0, 0.1) is 15.9 Å². The fourth-order valence-corrected chi connectivity index (χ4v) is 1.96. The van der Waals surface area contributed by atoms with Gasteiger partial charge >= 0.3 is 0 Å². The van der Waals surface area contributed by atoms with E-state index in [0.717, 1.165) is 18.2 Å². The zero-order chi connectivity index (χ0) is 14.7. The summed E-state index contributed by atoms with van der Waals surface area (Å²) in [5, 5.41) is 10.9. The minimum Gasteiger partial charge on any atom is -0.294 e. The fraction of sp³-hybridized carbons (Fsp3) is 0.0714. The maximum atomic E-state index is 13.7. The highest BCUT2D eigenvalue weighted by Gasteiger charge is 2.17. The van der Waals surface area contributed by atoms with Gasteiger partial charge in [0.15, 0.2) is 5.78 Å². The number of nitro groups is 1. The van der Waals surface area contributed by atoms with Crippen LogP contribution in [0.3, 0.4) is 0 Å². The molecule has 0 unspecified atom stereocenters. The molecule has 2 aromatic carbocycles. The third-order valence-corrected chi connectivity index (χ3v) is 3.14. The lowest BCUT2D eigenvalue weighted by molar-refractivity contribution is -0.385. The number of benzene rings is 2. The monoisotopic (exact) mass is 293 g/mol. The van der Waals surface area contributed by atoms with Gasteiger partial charge in [0, 0.05) is 17.5 Å². The Kier molecular flexibility index (Phi) is 4.10. The Bertz CT molecular complexity index is 688. The molecular weight excluding hydrogens is 285 g/mol. The number of carbonyl (C=O) groups is 1. The van der Waals surface area contributed by atoms with Gasteiger partial charge in [0.1, 0.15) is 5.82 Å². The molecule has 0 bridgehead atoms. The number of nitro benzene ring substituents is 1. The maximum Gasteiger partial charge on any atom is 0.272 e. The normalized spacial score (nSPS) is 10.3. The summed E-state index contributed by atoms with van der Waals surface area (Å²) < 4.78 is 13.7. The van der Waals surface area contributed by atoms with Gasteiger partial charge in [0.2, 0.25) is 0 Å². The lowest BCUT2D eigenvalue weighted by Crippen LogP contribution is -2.07. The summed E-state index contributed by atoms with van der Waals surface area (Å²) in [6, 6.07) is 9.71. The Morgan fingerprint density at radius 2 is 1.95 bits per heavy atom. The van der Waals surface area contributed by atoms with Crippen molar-refractivity contribution in [1.29, 1.82) is 0 Å². The first-order chi connectivity index (χ1) is 9.49. The number of halogens is 2. The number of Topliss-reactive ketones (excluding diaryl/α,β-unsaturated/α-hetero) is 1. The van der Waals surface area contributed by atoms with E-state index in [1.165, 1.54) is 0 Å². The number of hydrogen-bond acceptors (Lipinski definition) is 3. The predicted molar refractivity (Wildman–Crippen MR) is 72.5 cm³/mol. The molecule has 20 heavy (non-hydrogen) atoms. The summed E-state index contributed by atoms with van der Waals surface area (Å²) in [7, 11) is 0. The Morgan fingerprint density at radius 1 is 1.25 bits per heavy atom. The molecule has 0 amide bonds. The molecule has 0 atom stereocenters. The van der Waals surface area contributed by atoms with Gasteiger partial charge < -0.3 is 0 Å². The van der Waals surface area contributed by atoms with E-state index in [1.54, 1.807) is 24.3 Å². The average molecular weight is 294 g/mol. The molecule has 102 valence electrons. The molecule has 6 heteroatoms. The minimum absolute atomic E-state index is 0.0611. The first-order valence-electron chi connectivity index (χ1n) is 5.69. The standard InChI is InChI=1S/C14H9ClFNO3/c15-12-4-2-1-3-9(12)7-14(18)11-6-5-10(17(19)20)8-13(11)16/h1-6,8H,7H2. The molecule has 0 radical (unpaired) electrons. The number of nitrogens with zero attached hydrogens (tertiary/aromatic N) is 1. The molecule has 0 heterocycles. The van der Waals surface area contributed by atoms with Crippen LogP contribution in [0.4, 0.5) is 10.1 Å². The first-order valence-corrected chi connectivity index (χ1v) is 6.07. The fourth-order valence-electron chi connectivity index (χ4n) is 1.75. The third kappa shape index (κ3) is 3.00. The van der Waals surface area contributed by atoms with Gasteiger partial charge in [0.05, 0.1) is 16.6 Å². The molecule has 0 aliphatic rings. The van der Waals surface area contributed by atoms with Crippen LogP contribution in [0.15, 0.2) is 42.5 Å². The minimum atomic E-state index is -0.906. The van der Waals surface area contributed by atoms with E-state index in [4.69, 9.17) is 11.6 Å². The van der Waals surface area contributed by atoms with Crippen LogP contribution in [-0.4, -0.2) is 10.7 Å². The summed E-state index contributed by atoms with van der Waals surface area (Å²) in [6.07, 6.45) is -0.0611. The summed E-state index contributed by atoms with van der Waals surface area (Å²) >= 11 is 5.93. The van der Waals surface area contributed by atoms with Crippen LogP contribution < -0.4 is 0 Å². The van der Waals surface area contributed by atoms with Crippen LogP contribution in [0.1, 0.15) is 15.9 Å². The lowest BCUT2D eigenvalue weighted by atomic mass is 10.0. The molecule has 4 nitrogen and oxygen atoms in total. The van der Waals surface area contributed by atoms with Gasteiger partial charge in [-0.1, -0.05) is 29.8 Å². The van der Waals surface area contributed by atoms with Crippen LogP contribution in [0.5, 0.6) is 0 Å². The highest BCUT2D eigenvalue weighted by Crippen LogP contribution is 2.21. The number of carbonyl (C=O) groups excluding carboxylic acids is 1. The van der Waals surface area contributed by atoms with Crippen molar-refractivity contribution in [2.24, 2.45) is 0 Å². The van der Waals surface area contributed by atoms with Gasteiger partial charge in [-0.25, -0.2) is 4.39 Å². The van der Waals surface area contributed by atoms with Crippen LogP contribution in [-0.2, 0) is 6.42 Å². The Morgan fingerprint density at radius 3 is 2.55 bits per heavy atom. The molecule has 0 spiro atoms. The molecule has 0 saturated carbocycles. The Hall–Kier alpha value is -2.27. The van der Waals surface area contributed by atoms with Crippen molar-refractivity contribution in [3.63, 3.8) is 0 Å². The van der Waals surface area contributed by atoms with E-state index in [0.29, 0.717) is 10.6 Å². The second kappa shape index (κ2) is 5.79.